The van der Waals surface area contributed by atoms with Crippen molar-refractivity contribution in [3.63, 3.8) is 0 Å². The molecule has 0 N–H and O–H groups in total. The zero-order valence-corrected chi connectivity index (χ0v) is 16.4. The molecule has 7 nitrogen and oxygen atoms in total. The van der Waals surface area contributed by atoms with Crippen LogP contribution in [-0.4, -0.2) is 36.8 Å². The molecule has 0 saturated carbocycles. The molecule has 2 aromatic carbocycles. The van der Waals surface area contributed by atoms with Crippen LogP contribution in [0.5, 0.6) is 11.5 Å². The Morgan fingerprint density at radius 1 is 1.17 bits per heavy atom. The Morgan fingerprint density at radius 3 is 2.69 bits per heavy atom. The largest absolute Gasteiger partial charge is 0.493 e. The highest BCUT2D eigenvalue weighted by Gasteiger charge is 2.35. The van der Waals surface area contributed by atoms with E-state index < -0.39 is 5.82 Å². The van der Waals surface area contributed by atoms with Gasteiger partial charge in [-0.1, -0.05) is 16.8 Å². The summed E-state index contributed by atoms with van der Waals surface area (Å²) in [7, 11) is 3.10. The molecule has 1 aliphatic rings. The van der Waals surface area contributed by atoms with Crippen LogP contribution in [0.2, 0.25) is 5.02 Å². The fraction of sp³-hybridized carbons (Fsp3) is 0.250. The van der Waals surface area contributed by atoms with Gasteiger partial charge in [0.1, 0.15) is 5.82 Å². The highest BCUT2D eigenvalue weighted by atomic mass is 35.5. The Labute approximate surface area is 171 Å². The molecule has 4 rings (SSSR count). The summed E-state index contributed by atoms with van der Waals surface area (Å²) in [6.07, 6.45) is 0.207. The number of anilines is 1. The Bertz CT molecular complexity index is 1070. The van der Waals surface area contributed by atoms with E-state index >= 15 is 0 Å². The summed E-state index contributed by atoms with van der Waals surface area (Å²) in [6, 6.07) is 9.20. The number of hydrogen-bond donors (Lipinski definition) is 0. The summed E-state index contributed by atoms with van der Waals surface area (Å²) in [5, 5.41) is 4.22. The Balaban J connectivity index is 1.57. The van der Waals surface area contributed by atoms with Crippen molar-refractivity contribution in [2.75, 3.05) is 25.7 Å². The van der Waals surface area contributed by atoms with Crippen molar-refractivity contribution in [1.82, 2.24) is 10.1 Å². The van der Waals surface area contributed by atoms with Gasteiger partial charge < -0.3 is 18.9 Å². The van der Waals surface area contributed by atoms with Crippen LogP contribution in [0.15, 0.2) is 40.9 Å². The maximum Gasteiger partial charge on any atom is 0.258 e. The maximum atomic E-state index is 13.3. The van der Waals surface area contributed by atoms with Crippen LogP contribution in [-0.2, 0) is 4.79 Å². The zero-order valence-electron chi connectivity index (χ0n) is 15.7. The van der Waals surface area contributed by atoms with Crippen molar-refractivity contribution in [2.24, 2.45) is 0 Å². The van der Waals surface area contributed by atoms with Crippen LogP contribution in [0.4, 0.5) is 10.1 Å². The molecule has 0 bridgehead atoms. The summed E-state index contributed by atoms with van der Waals surface area (Å²) in [5.41, 5.74) is 1.13. The first-order valence-corrected chi connectivity index (χ1v) is 9.19. The lowest BCUT2D eigenvalue weighted by Crippen LogP contribution is -2.24. The van der Waals surface area contributed by atoms with Gasteiger partial charge in [0.05, 0.1) is 24.9 Å². The van der Waals surface area contributed by atoms with Crippen LogP contribution in [0.1, 0.15) is 18.2 Å². The first kappa shape index (κ1) is 19.2. The van der Waals surface area contributed by atoms with Crippen molar-refractivity contribution in [2.45, 2.75) is 12.3 Å². The van der Waals surface area contributed by atoms with Gasteiger partial charge in [-0.15, -0.1) is 0 Å². The molecule has 29 heavy (non-hydrogen) atoms. The summed E-state index contributed by atoms with van der Waals surface area (Å²) in [4.78, 5) is 18.4. The lowest BCUT2D eigenvalue weighted by Gasteiger charge is -2.17. The third-order valence-electron chi connectivity index (χ3n) is 4.76. The number of benzene rings is 2. The molecule has 3 aromatic rings. The minimum Gasteiger partial charge on any atom is -0.493 e. The SMILES string of the molecule is COc1ccc(-c2nc(C3CC(=O)N(c4ccc(F)cc4Cl)C3)no2)cc1OC. The second kappa shape index (κ2) is 7.71. The topological polar surface area (TPSA) is 77.7 Å². The number of aromatic nitrogens is 2. The first-order valence-electron chi connectivity index (χ1n) is 8.81. The number of nitrogens with zero attached hydrogens (tertiary/aromatic N) is 3. The van der Waals surface area contributed by atoms with E-state index in [-0.39, 0.29) is 23.3 Å². The van der Waals surface area contributed by atoms with Gasteiger partial charge in [-0.05, 0) is 36.4 Å². The van der Waals surface area contributed by atoms with E-state index in [1.165, 1.54) is 23.1 Å². The van der Waals surface area contributed by atoms with Crippen molar-refractivity contribution in [3.05, 3.63) is 53.1 Å². The number of amides is 1. The van der Waals surface area contributed by atoms with Crippen molar-refractivity contribution in [3.8, 4) is 23.0 Å². The van der Waals surface area contributed by atoms with Crippen LogP contribution in [0.25, 0.3) is 11.5 Å². The predicted molar refractivity (Wildman–Crippen MR) is 104 cm³/mol. The van der Waals surface area contributed by atoms with Crippen molar-refractivity contribution < 1.29 is 23.2 Å². The van der Waals surface area contributed by atoms with Gasteiger partial charge in [0.15, 0.2) is 17.3 Å². The molecule has 1 atom stereocenters. The second-order valence-electron chi connectivity index (χ2n) is 6.53. The molecule has 9 heteroatoms. The number of rotatable bonds is 5. The molecule has 150 valence electrons. The molecule has 0 spiro atoms. The number of carbonyl (C=O) groups is 1. The fourth-order valence-corrected chi connectivity index (χ4v) is 3.57. The summed E-state index contributed by atoms with van der Waals surface area (Å²) < 4.78 is 29.2. The summed E-state index contributed by atoms with van der Waals surface area (Å²) >= 11 is 6.10. The van der Waals surface area contributed by atoms with Gasteiger partial charge in [0.2, 0.25) is 5.91 Å². The van der Waals surface area contributed by atoms with Gasteiger partial charge in [-0.25, -0.2) is 4.39 Å². The minimum absolute atomic E-state index is 0.138. The molecule has 0 aliphatic carbocycles. The molecule has 1 aromatic heterocycles. The number of ether oxygens (including phenoxy) is 2. The molecule has 0 radical (unpaired) electrons. The summed E-state index contributed by atoms with van der Waals surface area (Å²) in [6.45, 7) is 0.328. The average Bonchev–Trinajstić information content (AvgIpc) is 3.34. The first-order chi connectivity index (χ1) is 14.0. The highest BCUT2D eigenvalue weighted by molar-refractivity contribution is 6.33. The number of hydrogen-bond acceptors (Lipinski definition) is 6. The van der Waals surface area contributed by atoms with E-state index in [2.05, 4.69) is 10.1 Å². The lowest BCUT2D eigenvalue weighted by atomic mass is 10.1. The van der Waals surface area contributed by atoms with E-state index in [4.69, 9.17) is 25.6 Å². The van der Waals surface area contributed by atoms with Crippen molar-refractivity contribution in [1.29, 1.82) is 0 Å². The third-order valence-corrected chi connectivity index (χ3v) is 5.07. The Hall–Kier alpha value is -3.13. The van der Waals surface area contributed by atoms with E-state index in [1.54, 1.807) is 32.4 Å². The maximum absolute atomic E-state index is 13.3. The van der Waals surface area contributed by atoms with Crippen LogP contribution >= 0.6 is 11.6 Å². The van der Waals surface area contributed by atoms with E-state index in [0.29, 0.717) is 41.0 Å². The Kier molecular flexibility index (Phi) is 5.10. The standard InChI is InChI=1S/C20H17ClFN3O4/c1-27-16-6-3-11(7-17(16)28-2)20-23-19(24-29-20)12-8-18(26)25(10-12)15-5-4-13(22)9-14(15)21/h3-7,9,12H,8,10H2,1-2H3. The molecule has 1 aliphatic heterocycles. The molecule has 1 saturated heterocycles. The van der Waals surface area contributed by atoms with Crippen LogP contribution in [0, 0.1) is 5.82 Å². The summed E-state index contributed by atoms with van der Waals surface area (Å²) in [5.74, 6) is 1.000. The van der Waals surface area contributed by atoms with E-state index in [0.717, 1.165) is 0 Å². The zero-order chi connectivity index (χ0) is 20.5. The highest BCUT2D eigenvalue weighted by Crippen LogP contribution is 2.36. The monoisotopic (exact) mass is 417 g/mol. The van der Waals surface area contributed by atoms with Crippen LogP contribution in [0.3, 0.4) is 0 Å². The van der Waals surface area contributed by atoms with Crippen molar-refractivity contribution >= 4 is 23.2 Å². The van der Waals surface area contributed by atoms with Gasteiger partial charge in [-0.2, -0.15) is 4.98 Å². The van der Waals surface area contributed by atoms with E-state index in [9.17, 15) is 9.18 Å². The third kappa shape index (κ3) is 3.63. The smallest absolute Gasteiger partial charge is 0.258 e. The minimum atomic E-state index is -0.459. The van der Waals surface area contributed by atoms with Gasteiger partial charge in [0, 0.05) is 24.4 Å². The van der Waals surface area contributed by atoms with Gasteiger partial charge >= 0.3 is 0 Å². The number of methoxy groups -OCH3 is 2. The normalized spacial score (nSPS) is 16.3. The molecule has 1 fully saturated rings. The predicted octanol–water partition coefficient (Wildman–Crippen LogP) is 4.07. The number of halogens is 2. The molecule has 1 amide bonds. The van der Waals surface area contributed by atoms with Crippen LogP contribution < -0.4 is 14.4 Å². The average molecular weight is 418 g/mol. The lowest BCUT2D eigenvalue weighted by molar-refractivity contribution is -0.117. The Morgan fingerprint density at radius 2 is 1.97 bits per heavy atom. The second-order valence-corrected chi connectivity index (χ2v) is 6.94. The molecular formula is C20H17ClFN3O4. The van der Waals surface area contributed by atoms with Gasteiger partial charge in [0.25, 0.3) is 5.89 Å². The van der Waals surface area contributed by atoms with Gasteiger partial charge in [-0.3, -0.25) is 4.79 Å². The fourth-order valence-electron chi connectivity index (χ4n) is 3.30. The quantitative estimate of drug-likeness (QED) is 0.622. The molecular weight excluding hydrogens is 401 g/mol. The number of carbonyl (C=O) groups excluding carboxylic acids is 1. The van der Waals surface area contributed by atoms with E-state index in [1.807, 2.05) is 0 Å². The molecule has 1 unspecified atom stereocenters. The molecule has 2 heterocycles.